The van der Waals surface area contributed by atoms with Crippen LogP contribution in [0.1, 0.15) is 36.7 Å². The minimum atomic E-state index is -0.158. The first-order valence-electron chi connectivity index (χ1n) is 9.70. The fraction of sp³-hybridized carbons (Fsp3) is 0.476. The highest BCUT2D eigenvalue weighted by Crippen LogP contribution is 2.24. The van der Waals surface area contributed by atoms with E-state index in [0.29, 0.717) is 18.1 Å². The molecule has 2 heterocycles. The molecule has 7 nitrogen and oxygen atoms in total. The van der Waals surface area contributed by atoms with Crippen molar-refractivity contribution in [1.82, 2.24) is 20.2 Å². The van der Waals surface area contributed by atoms with E-state index in [2.05, 4.69) is 58.4 Å². The van der Waals surface area contributed by atoms with E-state index in [1.807, 2.05) is 12.1 Å². The van der Waals surface area contributed by atoms with Gasteiger partial charge in [0.25, 0.3) is 5.91 Å². The summed E-state index contributed by atoms with van der Waals surface area (Å²) in [7, 11) is 0. The Bertz CT molecular complexity index is 763. The zero-order chi connectivity index (χ0) is 20.0. The Kier molecular flexibility index (Phi) is 6.59. The highest BCUT2D eigenvalue weighted by atomic mass is 16.5. The van der Waals surface area contributed by atoms with Crippen LogP contribution >= 0.6 is 0 Å². The molecule has 3 rings (SSSR count). The molecule has 1 aliphatic heterocycles. The van der Waals surface area contributed by atoms with Crippen LogP contribution in [0.4, 0.5) is 11.6 Å². The molecular formula is C21H29N5O2. The quantitative estimate of drug-likeness (QED) is 0.798. The number of anilines is 2. The van der Waals surface area contributed by atoms with Crippen molar-refractivity contribution in [3.05, 3.63) is 47.8 Å². The predicted octanol–water partition coefficient (Wildman–Crippen LogP) is 2.58. The standard InChI is InChI=1S/C21H29N5O2/c1-21(2,3)17-4-6-18(7-5-17)25-20-23-14-16(15-24-20)19(27)22-8-9-26-10-12-28-13-11-26/h4-7,14-15H,8-13H2,1-3H3,(H,22,27)(H,23,24,25). The molecule has 0 saturated carbocycles. The van der Waals surface area contributed by atoms with Gasteiger partial charge >= 0.3 is 0 Å². The Morgan fingerprint density at radius 2 is 1.75 bits per heavy atom. The Morgan fingerprint density at radius 3 is 2.36 bits per heavy atom. The lowest BCUT2D eigenvalue weighted by atomic mass is 9.87. The molecule has 0 radical (unpaired) electrons. The Hall–Kier alpha value is -2.51. The molecule has 2 aromatic rings. The Labute approximate surface area is 166 Å². The van der Waals surface area contributed by atoms with Crippen molar-refractivity contribution < 1.29 is 9.53 Å². The number of nitrogens with one attached hydrogen (secondary N) is 2. The van der Waals surface area contributed by atoms with Crippen molar-refractivity contribution in [2.75, 3.05) is 44.7 Å². The first kappa shape index (κ1) is 20.2. The summed E-state index contributed by atoms with van der Waals surface area (Å²) in [5, 5.41) is 6.08. The minimum Gasteiger partial charge on any atom is -0.379 e. The normalized spacial score (nSPS) is 15.2. The van der Waals surface area contributed by atoms with Crippen molar-refractivity contribution in [1.29, 1.82) is 0 Å². The van der Waals surface area contributed by atoms with Crippen LogP contribution in [0.2, 0.25) is 0 Å². The van der Waals surface area contributed by atoms with E-state index < -0.39 is 0 Å². The Morgan fingerprint density at radius 1 is 1.11 bits per heavy atom. The summed E-state index contributed by atoms with van der Waals surface area (Å²) in [6, 6.07) is 8.21. The van der Waals surface area contributed by atoms with Gasteiger partial charge in [0.15, 0.2) is 0 Å². The maximum Gasteiger partial charge on any atom is 0.254 e. The van der Waals surface area contributed by atoms with Gasteiger partial charge in [-0.05, 0) is 23.1 Å². The summed E-state index contributed by atoms with van der Waals surface area (Å²) in [6.07, 6.45) is 3.09. The van der Waals surface area contributed by atoms with Gasteiger partial charge in [-0.25, -0.2) is 9.97 Å². The number of hydrogen-bond acceptors (Lipinski definition) is 6. The van der Waals surface area contributed by atoms with E-state index in [-0.39, 0.29) is 11.3 Å². The molecule has 7 heteroatoms. The topological polar surface area (TPSA) is 79.4 Å². The van der Waals surface area contributed by atoms with Gasteiger partial charge in [0.05, 0.1) is 18.8 Å². The third-order valence-corrected chi connectivity index (χ3v) is 4.74. The van der Waals surface area contributed by atoms with Crippen molar-refractivity contribution in [3.63, 3.8) is 0 Å². The second kappa shape index (κ2) is 9.12. The third-order valence-electron chi connectivity index (χ3n) is 4.74. The monoisotopic (exact) mass is 383 g/mol. The number of hydrogen-bond donors (Lipinski definition) is 2. The van der Waals surface area contributed by atoms with E-state index in [4.69, 9.17) is 4.74 Å². The molecule has 0 atom stereocenters. The molecule has 0 spiro atoms. The maximum atomic E-state index is 12.2. The molecule has 0 aliphatic carbocycles. The zero-order valence-electron chi connectivity index (χ0n) is 16.9. The molecule has 2 N–H and O–H groups in total. The summed E-state index contributed by atoms with van der Waals surface area (Å²) in [6.45, 7) is 11.3. The second-order valence-electron chi connectivity index (χ2n) is 7.96. The highest BCUT2D eigenvalue weighted by Gasteiger charge is 2.13. The summed E-state index contributed by atoms with van der Waals surface area (Å²) in [4.78, 5) is 23.0. The van der Waals surface area contributed by atoms with E-state index in [1.165, 1.54) is 5.56 Å². The lowest BCUT2D eigenvalue weighted by molar-refractivity contribution is 0.0383. The highest BCUT2D eigenvalue weighted by molar-refractivity contribution is 5.93. The number of amides is 1. The van der Waals surface area contributed by atoms with Crippen LogP contribution in [-0.2, 0) is 10.2 Å². The van der Waals surface area contributed by atoms with Crippen molar-refractivity contribution in [3.8, 4) is 0 Å². The lowest BCUT2D eigenvalue weighted by Gasteiger charge is -2.26. The van der Waals surface area contributed by atoms with Gasteiger partial charge in [-0.1, -0.05) is 32.9 Å². The van der Waals surface area contributed by atoms with Gasteiger partial charge in [-0.3, -0.25) is 9.69 Å². The summed E-state index contributed by atoms with van der Waals surface area (Å²) >= 11 is 0. The second-order valence-corrected chi connectivity index (χ2v) is 7.96. The van der Waals surface area contributed by atoms with Gasteiger partial charge in [0.2, 0.25) is 5.95 Å². The van der Waals surface area contributed by atoms with Crippen LogP contribution < -0.4 is 10.6 Å². The van der Waals surface area contributed by atoms with Crippen LogP contribution in [0.25, 0.3) is 0 Å². The molecule has 1 fully saturated rings. The summed E-state index contributed by atoms with van der Waals surface area (Å²) in [5.74, 6) is 0.308. The number of benzene rings is 1. The molecule has 1 aromatic heterocycles. The molecular weight excluding hydrogens is 354 g/mol. The molecule has 0 unspecified atom stereocenters. The number of aromatic nitrogens is 2. The van der Waals surface area contributed by atoms with Crippen molar-refractivity contribution in [2.45, 2.75) is 26.2 Å². The number of morpholine rings is 1. The zero-order valence-corrected chi connectivity index (χ0v) is 16.9. The van der Waals surface area contributed by atoms with Gasteiger partial charge in [0.1, 0.15) is 0 Å². The summed E-state index contributed by atoms with van der Waals surface area (Å²) < 4.78 is 5.32. The fourth-order valence-corrected chi connectivity index (χ4v) is 2.95. The van der Waals surface area contributed by atoms with Gasteiger partial charge in [0, 0.05) is 44.3 Å². The number of nitrogens with zero attached hydrogens (tertiary/aromatic N) is 3. The van der Waals surface area contributed by atoms with Crippen LogP contribution in [0.5, 0.6) is 0 Å². The Balaban J connectivity index is 1.49. The number of carbonyl (C=O) groups is 1. The number of rotatable bonds is 6. The van der Waals surface area contributed by atoms with E-state index in [9.17, 15) is 4.79 Å². The fourth-order valence-electron chi connectivity index (χ4n) is 2.95. The third kappa shape index (κ3) is 5.74. The van der Waals surface area contributed by atoms with E-state index in [0.717, 1.165) is 38.5 Å². The number of carbonyl (C=O) groups excluding carboxylic acids is 1. The van der Waals surface area contributed by atoms with Crippen LogP contribution in [0, 0.1) is 0 Å². The maximum absolute atomic E-state index is 12.2. The molecule has 28 heavy (non-hydrogen) atoms. The first-order valence-corrected chi connectivity index (χ1v) is 9.70. The largest absolute Gasteiger partial charge is 0.379 e. The van der Waals surface area contributed by atoms with Crippen LogP contribution in [0.3, 0.4) is 0 Å². The molecule has 1 saturated heterocycles. The van der Waals surface area contributed by atoms with Gasteiger partial charge < -0.3 is 15.4 Å². The average Bonchev–Trinajstić information content (AvgIpc) is 2.69. The van der Waals surface area contributed by atoms with Crippen LogP contribution in [0.15, 0.2) is 36.7 Å². The summed E-state index contributed by atoms with van der Waals surface area (Å²) in [5.41, 5.74) is 2.75. The van der Waals surface area contributed by atoms with Crippen molar-refractivity contribution in [2.24, 2.45) is 0 Å². The first-order chi connectivity index (χ1) is 13.4. The van der Waals surface area contributed by atoms with Gasteiger partial charge in [-0.2, -0.15) is 0 Å². The van der Waals surface area contributed by atoms with Crippen molar-refractivity contribution >= 4 is 17.5 Å². The minimum absolute atomic E-state index is 0.117. The smallest absolute Gasteiger partial charge is 0.254 e. The molecule has 1 aliphatic rings. The number of ether oxygens (including phenoxy) is 1. The molecule has 1 amide bonds. The molecule has 1 aromatic carbocycles. The molecule has 0 bridgehead atoms. The lowest BCUT2D eigenvalue weighted by Crippen LogP contribution is -2.41. The average molecular weight is 383 g/mol. The predicted molar refractivity (Wildman–Crippen MR) is 110 cm³/mol. The van der Waals surface area contributed by atoms with Gasteiger partial charge in [-0.15, -0.1) is 0 Å². The van der Waals surface area contributed by atoms with E-state index >= 15 is 0 Å². The molecule has 150 valence electrons. The van der Waals surface area contributed by atoms with E-state index in [1.54, 1.807) is 12.4 Å². The van der Waals surface area contributed by atoms with Crippen LogP contribution in [-0.4, -0.2) is 60.2 Å². The SMILES string of the molecule is CC(C)(C)c1ccc(Nc2ncc(C(=O)NCCN3CCOCC3)cn2)cc1.